The van der Waals surface area contributed by atoms with E-state index in [1.807, 2.05) is 89.3 Å². The molecule has 237 valence electrons. The van der Waals surface area contributed by atoms with E-state index in [4.69, 9.17) is 8.22 Å². The summed E-state index contributed by atoms with van der Waals surface area (Å²) < 4.78 is 51.2. The first-order valence-corrected chi connectivity index (χ1v) is 18.7. The van der Waals surface area contributed by atoms with Gasteiger partial charge < -0.3 is 9.97 Å². The Morgan fingerprint density at radius 2 is 1.44 bits per heavy atom. The SMILES string of the molecule is [2H]C([2H])(c1cc(-c2[c-]cccc2)ncc1[Si](C)(C)C)C(C)C.[2H]C([2H])(c1ccccc1)c1cc[c-]c(-c2cc(C([2H])([2H])C(C)(C)C)ccn2)c1.[Ir]. The van der Waals surface area contributed by atoms with Crippen molar-refractivity contribution >= 4 is 13.3 Å². The number of aromatic nitrogens is 2. The van der Waals surface area contributed by atoms with Gasteiger partial charge in [0.25, 0.3) is 0 Å². The zero-order valence-corrected chi connectivity index (χ0v) is 31.0. The minimum absolute atomic E-state index is 0. The van der Waals surface area contributed by atoms with Gasteiger partial charge in [0.15, 0.2) is 0 Å². The number of hydrogen-bond acceptors (Lipinski definition) is 2. The summed E-state index contributed by atoms with van der Waals surface area (Å²) in [5.74, 6) is -0.0856. The summed E-state index contributed by atoms with van der Waals surface area (Å²) in [5, 5.41) is 1.10. The van der Waals surface area contributed by atoms with Crippen molar-refractivity contribution < 1.29 is 28.3 Å². The molecule has 5 aromatic rings. The summed E-state index contributed by atoms with van der Waals surface area (Å²) in [7, 11) is -1.67. The third kappa shape index (κ3) is 11.6. The van der Waals surface area contributed by atoms with Gasteiger partial charge in [-0.1, -0.05) is 108 Å². The van der Waals surface area contributed by atoms with Crippen molar-refractivity contribution in [3.63, 3.8) is 0 Å². The van der Waals surface area contributed by atoms with E-state index in [1.54, 1.807) is 48.7 Å². The van der Waals surface area contributed by atoms with E-state index >= 15 is 0 Å². The van der Waals surface area contributed by atoms with Gasteiger partial charge >= 0.3 is 0 Å². The van der Waals surface area contributed by atoms with Gasteiger partial charge in [-0.15, -0.1) is 71.3 Å². The van der Waals surface area contributed by atoms with Crippen molar-refractivity contribution in [3.05, 3.63) is 138 Å². The summed E-state index contributed by atoms with van der Waals surface area (Å²) in [6.07, 6.45) is -1.05. The second-order valence-corrected chi connectivity index (χ2v) is 18.3. The molecule has 2 nitrogen and oxygen atoms in total. The van der Waals surface area contributed by atoms with Gasteiger partial charge in [-0.2, -0.15) is 0 Å². The molecule has 4 heteroatoms. The molecule has 0 atom stereocenters. The molecule has 0 bridgehead atoms. The maximum Gasteiger partial charge on any atom is 0.0798 e. The fourth-order valence-electron chi connectivity index (χ4n) is 4.65. The standard InChI is InChI=1S/C23H24N.C18H24NSi.Ir/c1-23(2,3)17-20-12-13-24-22(16-20)21-11-7-10-19(15-21)14-18-8-5-4-6-9-18;1-14(2)11-16-12-17(15-9-7-6-8-10-15)19-13-18(16)20(3,4)5;/h4-10,12-13,15-16H,14,17H2,1-3H3;6-9,12-14H,11H2,1-5H3;/q2*-1;/i14D2,17D2;11D2;. The van der Waals surface area contributed by atoms with Crippen LogP contribution in [0.4, 0.5) is 0 Å². The van der Waals surface area contributed by atoms with E-state index in [0.717, 1.165) is 22.0 Å². The Labute approximate surface area is 295 Å². The van der Waals surface area contributed by atoms with Gasteiger partial charge in [-0.3, -0.25) is 0 Å². The van der Waals surface area contributed by atoms with Gasteiger partial charge in [0.2, 0.25) is 0 Å². The van der Waals surface area contributed by atoms with Crippen LogP contribution in [0.15, 0.2) is 103 Å². The molecule has 45 heavy (non-hydrogen) atoms. The Morgan fingerprint density at radius 3 is 2.09 bits per heavy atom. The molecule has 0 unspecified atom stereocenters. The van der Waals surface area contributed by atoms with Crippen molar-refractivity contribution in [3.8, 4) is 22.5 Å². The van der Waals surface area contributed by atoms with Crippen LogP contribution in [-0.2, 0) is 39.2 Å². The summed E-state index contributed by atoms with van der Waals surface area (Å²) in [5.41, 5.74) is 4.80. The van der Waals surface area contributed by atoms with Crippen LogP contribution in [0.2, 0.25) is 19.6 Å². The topological polar surface area (TPSA) is 25.8 Å². The molecule has 1 radical (unpaired) electrons. The number of benzene rings is 3. The molecule has 0 aliphatic carbocycles. The molecule has 0 spiro atoms. The van der Waals surface area contributed by atoms with Crippen molar-refractivity contribution in [2.45, 2.75) is 73.4 Å². The van der Waals surface area contributed by atoms with Crippen LogP contribution < -0.4 is 5.19 Å². The van der Waals surface area contributed by atoms with Crippen LogP contribution in [0, 0.1) is 23.5 Å². The van der Waals surface area contributed by atoms with Crippen molar-refractivity contribution in [2.24, 2.45) is 11.3 Å². The maximum absolute atomic E-state index is 8.56. The third-order valence-electron chi connectivity index (χ3n) is 6.56. The predicted molar refractivity (Wildman–Crippen MR) is 191 cm³/mol. The average molecular weight is 795 g/mol. The first kappa shape index (κ1) is 28.1. The molecule has 0 saturated heterocycles. The summed E-state index contributed by atoms with van der Waals surface area (Å²) in [4.78, 5) is 8.97. The fraction of sp³-hybridized carbons (Fsp3) is 0.317. The Kier molecular flexibility index (Phi) is 10.2. The molecule has 0 fully saturated rings. The number of hydrogen-bond donors (Lipinski definition) is 0. The van der Waals surface area contributed by atoms with Crippen molar-refractivity contribution in [1.29, 1.82) is 0 Å². The van der Waals surface area contributed by atoms with Gasteiger partial charge in [0.05, 0.1) is 8.07 Å². The van der Waals surface area contributed by atoms with Crippen LogP contribution in [0.1, 0.15) is 65.1 Å². The molecule has 3 aromatic carbocycles. The van der Waals surface area contributed by atoms with E-state index < -0.39 is 32.6 Å². The van der Waals surface area contributed by atoms with E-state index in [1.165, 1.54) is 0 Å². The minimum atomic E-state index is -1.67. The first-order valence-electron chi connectivity index (χ1n) is 18.2. The quantitative estimate of drug-likeness (QED) is 0.116. The fourth-order valence-corrected chi connectivity index (χ4v) is 6.06. The predicted octanol–water partition coefficient (Wildman–Crippen LogP) is 10.0. The van der Waals surface area contributed by atoms with Gasteiger partial charge in [0.1, 0.15) is 0 Å². The molecule has 2 aromatic heterocycles. The second kappa shape index (κ2) is 16.4. The normalized spacial score (nSPS) is 14.3. The Hall–Kier alpha value is -3.17. The summed E-state index contributed by atoms with van der Waals surface area (Å²) in [6.45, 7) is 16.2. The summed E-state index contributed by atoms with van der Waals surface area (Å²) in [6, 6.07) is 33.6. The minimum Gasteiger partial charge on any atom is -0.305 e. The van der Waals surface area contributed by atoms with Crippen LogP contribution in [-0.4, -0.2) is 18.0 Å². The number of pyridine rings is 2. The molecule has 0 N–H and O–H groups in total. The average Bonchev–Trinajstić information content (AvgIpc) is 3.08. The number of nitrogens with zero attached hydrogens (tertiary/aromatic N) is 2. The molecule has 0 amide bonds. The van der Waals surface area contributed by atoms with E-state index in [9.17, 15) is 0 Å². The Balaban J connectivity index is 0.000000278. The van der Waals surface area contributed by atoms with Crippen LogP contribution in [0.5, 0.6) is 0 Å². The zero-order valence-electron chi connectivity index (χ0n) is 33.6. The Bertz CT molecular complexity index is 1890. The van der Waals surface area contributed by atoms with Crippen molar-refractivity contribution in [1.82, 2.24) is 9.97 Å². The Morgan fingerprint density at radius 1 is 0.756 bits per heavy atom. The molecule has 0 aliphatic heterocycles. The molecular formula is C41H48IrN2Si-2. The molecule has 5 rings (SSSR count). The van der Waals surface area contributed by atoms with Crippen LogP contribution in [0.25, 0.3) is 22.5 Å². The van der Waals surface area contributed by atoms with Crippen LogP contribution in [0.3, 0.4) is 0 Å². The maximum atomic E-state index is 8.56. The van der Waals surface area contributed by atoms with Crippen molar-refractivity contribution in [2.75, 3.05) is 0 Å². The largest absolute Gasteiger partial charge is 0.305 e. The molecule has 0 saturated carbocycles. The second-order valence-electron chi connectivity index (χ2n) is 13.2. The van der Waals surface area contributed by atoms with Gasteiger partial charge in [0, 0.05) is 40.7 Å². The van der Waals surface area contributed by atoms with Gasteiger partial charge in [-0.25, -0.2) is 0 Å². The van der Waals surface area contributed by atoms with Crippen LogP contribution >= 0.6 is 0 Å². The van der Waals surface area contributed by atoms with Gasteiger partial charge in [-0.05, 0) is 58.7 Å². The molecule has 0 aliphatic rings. The van der Waals surface area contributed by atoms with E-state index in [0.29, 0.717) is 27.9 Å². The van der Waals surface area contributed by atoms with E-state index in [-0.39, 0.29) is 26.0 Å². The third-order valence-corrected chi connectivity index (χ3v) is 8.57. The zero-order chi connectivity index (χ0) is 37.1. The molecular weight excluding hydrogens is 741 g/mol. The first-order chi connectivity index (χ1) is 23.2. The molecule has 2 heterocycles. The summed E-state index contributed by atoms with van der Waals surface area (Å²) >= 11 is 0. The van der Waals surface area contributed by atoms with E-state index in [2.05, 4.69) is 41.7 Å². The monoisotopic (exact) mass is 795 g/mol. The smallest absolute Gasteiger partial charge is 0.0798 e. The number of rotatable bonds is 8.